The molecule has 20 heavy (non-hydrogen) atoms. The first kappa shape index (κ1) is 16.4. The van der Waals surface area contributed by atoms with E-state index in [1.807, 2.05) is 13.8 Å². The number of carbonyl (C=O) groups is 1. The molecule has 0 aliphatic rings. The van der Waals surface area contributed by atoms with Crippen LogP contribution in [0.4, 0.5) is 4.39 Å². The van der Waals surface area contributed by atoms with Crippen LogP contribution in [0.2, 0.25) is 0 Å². The first-order chi connectivity index (χ1) is 9.31. The largest absolute Gasteiger partial charge is 0.478 e. The molecule has 0 spiro atoms. The van der Waals surface area contributed by atoms with Gasteiger partial charge in [0.05, 0.1) is 6.10 Å². The predicted molar refractivity (Wildman–Crippen MR) is 75.0 cm³/mol. The standard InChI is InChI=1S/C15H22FNO3/c1-9(2)8-17-15(19)11(4)20-14-6-5-12(10(3)18)7-13(14)16/h5-7,9-11,18H,8H2,1-4H3,(H,17,19)/t10-,11?/m0/s1. The summed E-state index contributed by atoms with van der Waals surface area (Å²) in [4.78, 5) is 11.7. The second-order valence-electron chi connectivity index (χ2n) is 5.26. The zero-order valence-corrected chi connectivity index (χ0v) is 12.3. The van der Waals surface area contributed by atoms with E-state index in [0.717, 1.165) is 0 Å². The van der Waals surface area contributed by atoms with Crippen LogP contribution >= 0.6 is 0 Å². The molecule has 0 bridgehead atoms. The summed E-state index contributed by atoms with van der Waals surface area (Å²) in [6, 6.07) is 4.20. The number of amides is 1. The van der Waals surface area contributed by atoms with Crippen molar-refractivity contribution in [3.63, 3.8) is 0 Å². The van der Waals surface area contributed by atoms with E-state index in [4.69, 9.17) is 4.74 Å². The lowest BCUT2D eigenvalue weighted by Crippen LogP contribution is -2.38. The molecule has 0 aromatic heterocycles. The molecule has 1 rings (SSSR count). The number of halogens is 1. The van der Waals surface area contributed by atoms with E-state index in [0.29, 0.717) is 18.0 Å². The topological polar surface area (TPSA) is 58.6 Å². The highest BCUT2D eigenvalue weighted by atomic mass is 19.1. The van der Waals surface area contributed by atoms with Crippen molar-refractivity contribution in [3.8, 4) is 5.75 Å². The Hall–Kier alpha value is -1.62. The third kappa shape index (κ3) is 4.81. The second-order valence-corrected chi connectivity index (χ2v) is 5.26. The summed E-state index contributed by atoms with van der Waals surface area (Å²) < 4.78 is 19.1. The van der Waals surface area contributed by atoms with Gasteiger partial charge in [0, 0.05) is 6.54 Å². The second kappa shape index (κ2) is 7.24. The molecule has 1 unspecified atom stereocenters. The van der Waals surface area contributed by atoms with Crippen molar-refractivity contribution in [2.45, 2.75) is 39.9 Å². The minimum atomic E-state index is -0.777. The van der Waals surface area contributed by atoms with Crippen LogP contribution in [-0.2, 0) is 4.79 Å². The molecule has 2 atom stereocenters. The Kier molecular flexibility index (Phi) is 5.95. The number of nitrogens with one attached hydrogen (secondary N) is 1. The SMILES string of the molecule is CC(C)CNC(=O)C(C)Oc1ccc([C@H](C)O)cc1F. The molecule has 112 valence electrons. The average Bonchev–Trinajstić information content (AvgIpc) is 2.37. The van der Waals surface area contributed by atoms with Crippen molar-refractivity contribution in [3.05, 3.63) is 29.6 Å². The monoisotopic (exact) mass is 283 g/mol. The molecule has 0 aliphatic carbocycles. The molecule has 0 fully saturated rings. The van der Waals surface area contributed by atoms with Crippen LogP contribution in [0, 0.1) is 11.7 Å². The van der Waals surface area contributed by atoms with Crippen LogP contribution in [0.15, 0.2) is 18.2 Å². The molecule has 1 aromatic carbocycles. The number of ether oxygens (including phenoxy) is 1. The highest BCUT2D eigenvalue weighted by molar-refractivity contribution is 5.80. The zero-order valence-electron chi connectivity index (χ0n) is 12.3. The van der Waals surface area contributed by atoms with E-state index in [1.165, 1.54) is 12.1 Å². The number of hydrogen-bond acceptors (Lipinski definition) is 3. The molecular formula is C15H22FNO3. The Morgan fingerprint density at radius 1 is 1.35 bits per heavy atom. The number of aliphatic hydroxyl groups is 1. The van der Waals surface area contributed by atoms with E-state index in [9.17, 15) is 14.3 Å². The first-order valence-corrected chi connectivity index (χ1v) is 6.73. The number of hydrogen-bond donors (Lipinski definition) is 2. The van der Waals surface area contributed by atoms with Crippen molar-refractivity contribution in [1.82, 2.24) is 5.32 Å². The van der Waals surface area contributed by atoms with Crippen LogP contribution in [-0.4, -0.2) is 23.7 Å². The van der Waals surface area contributed by atoms with Crippen LogP contribution in [0.5, 0.6) is 5.75 Å². The molecule has 0 saturated heterocycles. The fourth-order valence-corrected chi connectivity index (χ4v) is 1.56. The molecule has 0 heterocycles. The van der Waals surface area contributed by atoms with Crippen LogP contribution < -0.4 is 10.1 Å². The maximum atomic E-state index is 13.8. The van der Waals surface area contributed by atoms with E-state index in [2.05, 4.69) is 5.32 Å². The van der Waals surface area contributed by atoms with Gasteiger partial charge in [0.25, 0.3) is 5.91 Å². The molecule has 1 aromatic rings. The van der Waals surface area contributed by atoms with E-state index >= 15 is 0 Å². The Labute approximate surface area is 119 Å². The molecule has 4 nitrogen and oxygen atoms in total. The van der Waals surface area contributed by atoms with Gasteiger partial charge in [0.15, 0.2) is 17.7 Å². The Balaban J connectivity index is 2.66. The number of carbonyl (C=O) groups excluding carboxylic acids is 1. The highest BCUT2D eigenvalue weighted by Gasteiger charge is 2.17. The van der Waals surface area contributed by atoms with Gasteiger partial charge in [-0.25, -0.2) is 4.39 Å². The fourth-order valence-electron chi connectivity index (χ4n) is 1.56. The van der Waals surface area contributed by atoms with Gasteiger partial charge in [0.1, 0.15) is 0 Å². The quantitative estimate of drug-likeness (QED) is 0.843. The molecular weight excluding hydrogens is 261 g/mol. The molecule has 1 amide bonds. The van der Waals surface area contributed by atoms with Crippen molar-refractivity contribution >= 4 is 5.91 Å². The van der Waals surface area contributed by atoms with Gasteiger partial charge in [-0.1, -0.05) is 19.9 Å². The van der Waals surface area contributed by atoms with Crippen molar-refractivity contribution in [2.24, 2.45) is 5.92 Å². The Morgan fingerprint density at radius 2 is 2.00 bits per heavy atom. The normalized spacial score (nSPS) is 13.9. The molecule has 0 aliphatic heterocycles. The molecule has 2 N–H and O–H groups in total. The minimum absolute atomic E-state index is 0.00148. The van der Waals surface area contributed by atoms with Crippen molar-refractivity contribution < 1.29 is 19.0 Å². The number of benzene rings is 1. The smallest absolute Gasteiger partial charge is 0.260 e. The Bertz CT molecular complexity index is 460. The van der Waals surface area contributed by atoms with Gasteiger partial charge in [-0.15, -0.1) is 0 Å². The summed E-state index contributed by atoms with van der Waals surface area (Å²) in [6.45, 7) is 7.64. The maximum absolute atomic E-state index is 13.8. The highest BCUT2D eigenvalue weighted by Crippen LogP contribution is 2.22. The Morgan fingerprint density at radius 3 is 2.50 bits per heavy atom. The molecule has 0 saturated carbocycles. The van der Waals surface area contributed by atoms with Gasteiger partial charge in [-0.05, 0) is 37.5 Å². The predicted octanol–water partition coefficient (Wildman–Crippen LogP) is 2.42. The van der Waals surface area contributed by atoms with Crippen LogP contribution in [0.25, 0.3) is 0 Å². The lowest BCUT2D eigenvalue weighted by atomic mass is 10.1. The summed E-state index contributed by atoms with van der Waals surface area (Å²) in [5.41, 5.74) is 0.465. The van der Waals surface area contributed by atoms with E-state index < -0.39 is 18.0 Å². The van der Waals surface area contributed by atoms with E-state index in [-0.39, 0.29) is 11.7 Å². The summed E-state index contributed by atoms with van der Waals surface area (Å²) in [5, 5.41) is 12.1. The van der Waals surface area contributed by atoms with Crippen molar-refractivity contribution in [2.75, 3.05) is 6.54 Å². The zero-order chi connectivity index (χ0) is 15.3. The summed E-state index contributed by atoms with van der Waals surface area (Å²) in [5.74, 6) is -0.528. The minimum Gasteiger partial charge on any atom is -0.478 e. The third-order valence-electron chi connectivity index (χ3n) is 2.80. The van der Waals surface area contributed by atoms with Crippen molar-refractivity contribution in [1.29, 1.82) is 0 Å². The van der Waals surface area contributed by atoms with Gasteiger partial charge < -0.3 is 15.2 Å². The third-order valence-corrected chi connectivity index (χ3v) is 2.80. The van der Waals surface area contributed by atoms with Gasteiger partial charge >= 0.3 is 0 Å². The summed E-state index contributed by atoms with van der Waals surface area (Å²) in [7, 11) is 0. The maximum Gasteiger partial charge on any atom is 0.260 e. The molecule has 0 radical (unpaired) electrons. The van der Waals surface area contributed by atoms with Gasteiger partial charge in [-0.2, -0.15) is 0 Å². The van der Waals surface area contributed by atoms with Crippen LogP contribution in [0.1, 0.15) is 39.4 Å². The lowest BCUT2D eigenvalue weighted by molar-refractivity contribution is -0.127. The van der Waals surface area contributed by atoms with Crippen LogP contribution in [0.3, 0.4) is 0 Å². The van der Waals surface area contributed by atoms with Gasteiger partial charge in [-0.3, -0.25) is 4.79 Å². The van der Waals surface area contributed by atoms with E-state index in [1.54, 1.807) is 19.9 Å². The molecule has 5 heteroatoms. The number of rotatable bonds is 6. The lowest BCUT2D eigenvalue weighted by Gasteiger charge is -2.16. The average molecular weight is 283 g/mol. The van der Waals surface area contributed by atoms with Gasteiger partial charge in [0.2, 0.25) is 0 Å². The summed E-state index contributed by atoms with van der Waals surface area (Å²) >= 11 is 0. The fraction of sp³-hybridized carbons (Fsp3) is 0.533. The first-order valence-electron chi connectivity index (χ1n) is 6.73. The number of aliphatic hydroxyl groups excluding tert-OH is 1. The summed E-state index contributed by atoms with van der Waals surface area (Å²) in [6.07, 6.45) is -1.52.